The number of hydrogen-bond donors (Lipinski definition) is 3. The van der Waals surface area contributed by atoms with Gasteiger partial charge in [0.1, 0.15) is 17.8 Å². The van der Waals surface area contributed by atoms with Crippen molar-refractivity contribution in [3.8, 4) is 5.75 Å². The Balaban J connectivity index is 1.40. The van der Waals surface area contributed by atoms with E-state index in [1.165, 1.54) is 11.3 Å². The normalized spacial score (nSPS) is 22.9. The van der Waals surface area contributed by atoms with E-state index in [-0.39, 0.29) is 37.4 Å². The predicted octanol–water partition coefficient (Wildman–Crippen LogP) is 5.19. The molecule has 1 aromatic carbocycles. The number of nitrogens with zero attached hydrogens (tertiary/aromatic N) is 2. The van der Waals surface area contributed by atoms with Crippen LogP contribution in [0.2, 0.25) is 0 Å². The first kappa shape index (κ1) is 40.2. The molecule has 1 aromatic rings. The molecule has 0 radical (unpaired) electrons. The second kappa shape index (κ2) is 16.6. The number of ether oxygens (including phenoxy) is 1. The minimum absolute atomic E-state index is 0.00453. The number of amides is 4. The average molecular weight is 736 g/mol. The summed E-state index contributed by atoms with van der Waals surface area (Å²) in [6.45, 7) is 15.6. The topological polar surface area (TPSA) is 156 Å². The molecule has 1 spiro atoms. The minimum atomic E-state index is -1.04. The van der Waals surface area contributed by atoms with Crippen molar-refractivity contribution >= 4 is 35.1 Å². The minimum Gasteiger partial charge on any atom is -0.490 e. The van der Waals surface area contributed by atoms with Crippen LogP contribution < -0.4 is 20.7 Å². The van der Waals surface area contributed by atoms with Crippen LogP contribution in [0.25, 0.3) is 0 Å². The van der Waals surface area contributed by atoms with Crippen LogP contribution in [0, 0.1) is 25.2 Å². The monoisotopic (exact) mass is 735 g/mol. The van der Waals surface area contributed by atoms with Crippen molar-refractivity contribution in [2.75, 3.05) is 6.54 Å². The molecule has 3 fully saturated rings. The van der Waals surface area contributed by atoms with E-state index in [1.54, 1.807) is 0 Å². The number of aryl methyl sites for hydroxylation is 2. The van der Waals surface area contributed by atoms with Crippen molar-refractivity contribution in [2.24, 2.45) is 16.5 Å². The van der Waals surface area contributed by atoms with Gasteiger partial charge in [-0.25, -0.2) is 0 Å². The Morgan fingerprint density at radius 3 is 2.25 bits per heavy atom. The Morgan fingerprint density at radius 2 is 1.66 bits per heavy atom. The summed E-state index contributed by atoms with van der Waals surface area (Å²) >= 11 is 0. The number of carbonyl (C=O) groups is 5. The van der Waals surface area contributed by atoms with Crippen molar-refractivity contribution in [1.29, 1.82) is 0 Å². The van der Waals surface area contributed by atoms with Crippen LogP contribution in [0.15, 0.2) is 17.3 Å². The van der Waals surface area contributed by atoms with Crippen LogP contribution in [-0.2, 0) is 28.8 Å². The van der Waals surface area contributed by atoms with E-state index in [0.717, 1.165) is 61.0 Å². The Hall–Kier alpha value is -3.96. The highest BCUT2D eigenvalue weighted by Gasteiger charge is 2.55. The first-order valence-corrected chi connectivity index (χ1v) is 19.8. The summed E-state index contributed by atoms with van der Waals surface area (Å²) in [6, 6.07) is 1.04. The van der Waals surface area contributed by atoms with E-state index in [9.17, 15) is 24.0 Å². The largest absolute Gasteiger partial charge is 0.490 e. The second-order valence-electron chi connectivity index (χ2n) is 17.3. The fourth-order valence-electron chi connectivity index (χ4n) is 7.98. The Morgan fingerprint density at radius 1 is 1.00 bits per heavy atom. The van der Waals surface area contributed by atoms with Gasteiger partial charge >= 0.3 is 0 Å². The predicted molar refractivity (Wildman–Crippen MR) is 202 cm³/mol. The van der Waals surface area contributed by atoms with Crippen LogP contribution >= 0.6 is 0 Å². The molecule has 3 N–H and O–H groups in total. The SMILES string of the molecule is CCC[C@H](NC(=O)[C@@H]1C[C@]2(CC(c3cc(C)c(OC(C)C)c(C)c3)=NO2)CN1C(=O)[C@@H](NC(=O)CC1CCCCC1)C(C)(C)C)C(=O)C(=O)NC1CC1. The molecule has 53 heavy (non-hydrogen) atoms. The maximum absolute atomic E-state index is 14.7. The van der Waals surface area contributed by atoms with Gasteiger partial charge in [-0.2, -0.15) is 0 Å². The number of likely N-dealkylation sites (tertiary alicyclic amines) is 1. The molecule has 292 valence electrons. The maximum Gasteiger partial charge on any atom is 0.289 e. The average Bonchev–Trinajstić information content (AvgIpc) is 3.68. The number of rotatable bonds is 14. The van der Waals surface area contributed by atoms with Gasteiger partial charge in [0.05, 0.1) is 24.4 Å². The summed E-state index contributed by atoms with van der Waals surface area (Å²) in [5.74, 6) is -1.39. The zero-order chi connectivity index (χ0) is 38.7. The number of ketones is 1. The van der Waals surface area contributed by atoms with Crippen LogP contribution in [0.1, 0.15) is 135 Å². The summed E-state index contributed by atoms with van der Waals surface area (Å²) in [4.78, 5) is 76.2. The molecule has 1 saturated heterocycles. The third kappa shape index (κ3) is 9.97. The van der Waals surface area contributed by atoms with Crippen molar-refractivity contribution in [1.82, 2.24) is 20.9 Å². The van der Waals surface area contributed by atoms with Gasteiger partial charge in [0.15, 0.2) is 5.60 Å². The van der Waals surface area contributed by atoms with Crippen LogP contribution in [0.3, 0.4) is 0 Å². The summed E-state index contributed by atoms with van der Waals surface area (Å²) in [6.07, 6.45) is 8.74. The fraction of sp³-hybridized carbons (Fsp3) is 0.707. The van der Waals surface area contributed by atoms with E-state index in [0.29, 0.717) is 30.9 Å². The van der Waals surface area contributed by atoms with Gasteiger partial charge in [0.2, 0.25) is 23.5 Å². The molecular formula is C41H61N5O7. The standard InChI is InChI=1S/C41H61N5O7/c1-9-13-30(34(48)38(50)42-29-16-17-29)43-37(49)32-22-41(21-31(45-53-41)28-18-25(4)35(26(5)19-28)52-24(2)3)23-46(32)39(51)36(40(6,7)8)44-33(47)20-27-14-11-10-12-15-27/h18-19,24,27,29-30,32,36H,9-17,20-23H2,1-8H3,(H,42,50)(H,43,49)(H,44,47)/t30-,32-,36+,41+/m0/s1. The van der Waals surface area contributed by atoms with Crippen LogP contribution in [-0.4, -0.2) is 82.4 Å². The first-order chi connectivity index (χ1) is 25.0. The summed E-state index contributed by atoms with van der Waals surface area (Å²) in [5, 5.41) is 13.1. The van der Waals surface area contributed by atoms with Gasteiger partial charge in [0.25, 0.3) is 5.91 Å². The smallest absolute Gasteiger partial charge is 0.289 e. The molecule has 2 aliphatic heterocycles. The highest BCUT2D eigenvalue weighted by Crippen LogP contribution is 2.41. The summed E-state index contributed by atoms with van der Waals surface area (Å²) in [7, 11) is 0. The molecule has 0 aromatic heterocycles. The molecule has 5 rings (SSSR count). The van der Waals surface area contributed by atoms with Gasteiger partial charge in [-0.15, -0.1) is 0 Å². The second-order valence-corrected chi connectivity index (χ2v) is 17.3. The first-order valence-electron chi connectivity index (χ1n) is 19.8. The quantitative estimate of drug-likeness (QED) is 0.222. The molecule has 4 atom stereocenters. The van der Waals surface area contributed by atoms with Crippen molar-refractivity contribution in [3.05, 3.63) is 28.8 Å². The van der Waals surface area contributed by atoms with Gasteiger partial charge in [-0.1, -0.05) is 58.5 Å². The molecule has 4 aliphatic rings. The van der Waals surface area contributed by atoms with Crippen LogP contribution in [0.4, 0.5) is 0 Å². The Labute approximate surface area is 314 Å². The van der Waals surface area contributed by atoms with E-state index < -0.39 is 52.6 Å². The molecule has 12 nitrogen and oxygen atoms in total. The third-order valence-electron chi connectivity index (χ3n) is 10.9. The lowest BCUT2D eigenvalue weighted by molar-refractivity contribution is -0.145. The lowest BCUT2D eigenvalue weighted by Gasteiger charge is -2.36. The highest BCUT2D eigenvalue weighted by atomic mass is 16.7. The van der Waals surface area contributed by atoms with E-state index >= 15 is 0 Å². The number of nitrogens with one attached hydrogen (secondary N) is 3. The van der Waals surface area contributed by atoms with Crippen molar-refractivity contribution in [3.63, 3.8) is 0 Å². The molecule has 2 aliphatic carbocycles. The number of hydrogen-bond acceptors (Lipinski definition) is 8. The molecule has 2 saturated carbocycles. The molecular weight excluding hydrogens is 674 g/mol. The number of carbonyl (C=O) groups excluding carboxylic acids is 5. The molecule has 0 bridgehead atoms. The summed E-state index contributed by atoms with van der Waals surface area (Å²) < 4.78 is 6.05. The maximum atomic E-state index is 14.7. The molecule has 0 unspecified atom stereocenters. The van der Waals surface area contributed by atoms with Crippen molar-refractivity contribution < 1.29 is 33.5 Å². The van der Waals surface area contributed by atoms with Crippen LogP contribution in [0.5, 0.6) is 5.75 Å². The van der Waals surface area contributed by atoms with Gasteiger partial charge in [-0.05, 0) is 94.4 Å². The highest BCUT2D eigenvalue weighted by molar-refractivity contribution is 6.38. The van der Waals surface area contributed by atoms with E-state index in [2.05, 4.69) is 21.1 Å². The summed E-state index contributed by atoms with van der Waals surface area (Å²) in [5.41, 5.74) is 1.81. The number of benzene rings is 1. The van der Waals surface area contributed by atoms with E-state index in [4.69, 9.17) is 9.57 Å². The Bertz CT molecular complexity index is 1570. The van der Waals surface area contributed by atoms with Gasteiger partial charge in [0, 0.05) is 30.9 Å². The third-order valence-corrected chi connectivity index (χ3v) is 10.9. The van der Waals surface area contributed by atoms with E-state index in [1.807, 2.05) is 67.5 Å². The van der Waals surface area contributed by atoms with Gasteiger partial charge in [-0.3, -0.25) is 24.0 Å². The number of Topliss-reactive ketones (excluding diaryl/α,β-unsaturated/α-hetero) is 1. The Kier molecular flexibility index (Phi) is 12.6. The molecule has 12 heteroatoms. The van der Waals surface area contributed by atoms with Crippen molar-refractivity contribution in [2.45, 2.75) is 168 Å². The zero-order valence-electron chi connectivity index (χ0n) is 33.1. The zero-order valence-corrected chi connectivity index (χ0v) is 33.1. The number of oxime groups is 1. The molecule has 2 heterocycles. The molecule has 4 amide bonds. The van der Waals surface area contributed by atoms with Gasteiger partial charge < -0.3 is 30.4 Å². The fourth-order valence-corrected chi connectivity index (χ4v) is 7.98. The lowest BCUT2D eigenvalue weighted by Crippen LogP contribution is -2.59. The lowest BCUT2D eigenvalue weighted by atomic mass is 9.84.